The van der Waals surface area contributed by atoms with E-state index >= 15 is 0 Å². The molecule has 2 N–H and O–H groups in total. The van der Waals surface area contributed by atoms with Crippen molar-refractivity contribution in [1.29, 1.82) is 0 Å². The predicted octanol–water partition coefficient (Wildman–Crippen LogP) is 4.32. The maximum atomic E-state index is 13.3. The number of hydrogen-bond donors (Lipinski definition) is 2. The van der Waals surface area contributed by atoms with Crippen molar-refractivity contribution in [1.82, 2.24) is 9.97 Å². The highest BCUT2D eigenvalue weighted by Gasteiger charge is 2.19. The van der Waals surface area contributed by atoms with E-state index in [0.29, 0.717) is 11.7 Å². The Labute approximate surface area is 151 Å². The first-order valence-electron chi connectivity index (χ1n) is 7.88. The molecule has 0 aliphatic heterocycles. The summed E-state index contributed by atoms with van der Waals surface area (Å²) in [6, 6.07) is 14.0. The van der Waals surface area contributed by atoms with Crippen LogP contribution < -0.4 is 5.43 Å². The normalized spacial score (nSPS) is 11.3. The lowest BCUT2D eigenvalue weighted by atomic mass is 10.1. The Balaban J connectivity index is 1.53. The number of aromatic amines is 1. The van der Waals surface area contributed by atoms with Crippen molar-refractivity contribution < 1.29 is 13.7 Å². The predicted molar refractivity (Wildman–Crippen MR) is 98.1 cm³/mol. The molecule has 134 valence electrons. The summed E-state index contributed by atoms with van der Waals surface area (Å²) in [6.07, 6.45) is 1.41. The molecule has 0 radical (unpaired) electrons. The molecule has 0 fully saturated rings. The Bertz CT molecular complexity index is 1130. The zero-order valence-corrected chi connectivity index (χ0v) is 13.7. The van der Waals surface area contributed by atoms with Crippen molar-refractivity contribution in [3.05, 3.63) is 76.3 Å². The van der Waals surface area contributed by atoms with Crippen LogP contribution in [-0.2, 0) is 0 Å². The fourth-order valence-electron chi connectivity index (χ4n) is 2.59. The van der Waals surface area contributed by atoms with Gasteiger partial charge in [-0.3, -0.25) is 10.1 Å². The molecule has 9 heteroatoms. The number of halogens is 1. The SMILES string of the molecule is O=[N+]([O-])c1cc(F)ccc1-c1ccc(/C=N\Nc2nc3ccccc3[nH]2)o1. The number of imidazole rings is 1. The van der Waals surface area contributed by atoms with Gasteiger partial charge in [0.15, 0.2) is 0 Å². The number of nitrogens with zero attached hydrogens (tertiary/aromatic N) is 3. The quantitative estimate of drug-likeness (QED) is 0.311. The Hall–Kier alpha value is -4.01. The van der Waals surface area contributed by atoms with E-state index in [4.69, 9.17) is 4.42 Å². The fourth-order valence-corrected chi connectivity index (χ4v) is 2.59. The van der Waals surface area contributed by atoms with Crippen LogP contribution in [-0.4, -0.2) is 21.1 Å². The van der Waals surface area contributed by atoms with Crippen LogP contribution >= 0.6 is 0 Å². The number of hydrogen-bond acceptors (Lipinski definition) is 6. The number of nitrogens with one attached hydrogen (secondary N) is 2. The maximum absolute atomic E-state index is 13.3. The second-order valence-electron chi connectivity index (χ2n) is 5.59. The largest absolute Gasteiger partial charge is 0.455 e. The molecular formula is C18H12FN5O3. The van der Waals surface area contributed by atoms with Crippen LogP contribution in [0.5, 0.6) is 0 Å². The molecule has 0 amide bonds. The van der Waals surface area contributed by atoms with Gasteiger partial charge in [0.1, 0.15) is 17.3 Å². The van der Waals surface area contributed by atoms with Crippen LogP contribution in [0.15, 0.2) is 64.1 Å². The molecule has 4 rings (SSSR count). The van der Waals surface area contributed by atoms with Crippen molar-refractivity contribution in [3.63, 3.8) is 0 Å². The van der Waals surface area contributed by atoms with E-state index in [1.807, 2.05) is 24.3 Å². The van der Waals surface area contributed by atoms with Gasteiger partial charge in [-0.2, -0.15) is 5.10 Å². The molecule has 2 aromatic heterocycles. The number of nitro benzene ring substituents is 1. The van der Waals surface area contributed by atoms with Gasteiger partial charge in [-0.05, 0) is 36.4 Å². The number of fused-ring (bicyclic) bond motifs is 1. The van der Waals surface area contributed by atoms with E-state index in [0.717, 1.165) is 23.2 Å². The zero-order chi connectivity index (χ0) is 18.8. The lowest BCUT2D eigenvalue weighted by molar-refractivity contribution is -0.384. The average molecular weight is 365 g/mol. The second-order valence-corrected chi connectivity index (χ2v) is 5.59. The number of furan rings is 1. The van der Waals surface area contributed by atoms with Gasteiger partial charge < -0.3 is 9.40 Å². The van der Waals surface area contributed by atoms with Crippen molar-refractivity contribution >= 4 is 28.9 Å². The Morgan fingerprint density at radius 2 is 2.07 bits per heavy atom. The number of nitro groups is 1. The molecule has 0 spiro atoms. The number of para-hydroxylation sites is 2. The molecule has 27 heavy (non-hydrogen) atoms. The molecule has 0 unspecified atom stereocenters. The summed E-state index contributed by atoms with van der Waals surface area (Å²) in [5.74, 6) is 0.390. The molecule has 2 heterocycles. The molecule has 0 aliphatic carbocycles. The van der Waals surface area contributed by atoms with Gasteiger partial charge in [-0.15, -0.1) is 0 Å². The number of H-pyrrole nitrogens is 1. The minimum Gasteiger partial charge on any atom is -0.455 e. The molecule has 0 atom stereocenters. The first-order chi connectivity index (χ1) is 13.1. The lowest BCUT2D eigenvalue weighted by Crippen LogP contribution is -1.92. The molecule has 0 aliphatic rings. The zero-order valence-electron chi connectivity index (χ0n) is 13.7. The molecule has 2 aromatic carbocycles. The van der Waals surface area contributed by atoms with Crippen LogP contribution in [0.1, 0.15) is 5.76 Å². The Morgan fingerprint density at radius 1 is 1.22 bits per heavy atom. The van der Waals surface area contributed by atoms with Crippen LogP contribution in [0.2, 0.25) is 0 Å². The summed E-state index contributed by atoms with van der Waals surface area (Å²) in [5.41, 5.74) is 4.25. The highest BCUT2D eigenvalue weighted by atomic mass is 19.1. The Morgan fingerprint density at radius 3 is 2.89 bits per heavy atom. The van der Waals surface area contributed by atoms with Crippen LogP contribution in [0.4, 0.5) is 16.0 Å². The van der Waals surface area contributed by atoms with Gasteiger partial charge in [0, 0.05) is 0 Å². The summed E-state index contributed by atoms with van der Waals surface area (Å²) < 4.78 is 18.8. The van der Waals surface area contributed by atoms with Crippen LogP contribution in [0.3, 0.4) is 0 Å². The minimum absolute atomic E-state index is 0.186. The summed E-state index contributed by atoms with van der Waals surface area (Å²) >= 11 is 0. The maximum Gasteiger partial charge on any atom is 0.283 e. The number of hydrazone groups is 1. The topological polar surface area (TPSA) is 109 Å². The van der Waals surface area contributed by atoms with E-state index in [-0.39, 0.29) is 17.0 Å². The molecule has 0 saturated heterocycles. The van der Waals surface area contributed by atoms with Gasteiger partial charge >= 0.3 is 0 Å². The first kappa shape index (κ1) is 16.5. The van der Waals surface area contributed by atoms with Crippen molar-refractivity contribution in [2.45, 2.75) is 0 Å². The standard InChI is InChI=1S/C18H12FN5O3/c19-11-5-7-13(16(9-11)24(25)26)17-8-6-12(27-17)10-20-23-18-21-14-3-1-2-4-15(14)22-18/h1-10H,(H2,21,22,23)/b20-10-. The van der Waals surface area contributed by atoms with E-state index in [2.05, 4.69) is 20.5 Å². The van der Waals surface area contributed by atoms with E-state index in [1.54, 1.807) is 12.1 Å². The number of benzene rings is 2. The van der Waals surface area contributed by atoms with Gasteiger partial charge in [-0.1, -0.05) is 12.1 Å². The number of anilines is 1. The third-order valence-corrected chi connectivity index (χ3v) is 3.80. The van der Waals surface area contributed by atoms with E-state index in [9.17, 15) is 14.5 Å². The van der Waals surface area contributed by atoms with Crippen LogP contribution in [0.25, 0.3) is 22.4 Å². The van der Waals surface area contributed by atoms with Gasteiger partial charge in [0.05, 0.1) is 33.8 Å². The highest BCUT2D eigenvalue weighted by molar-refractivity contribution is 5.80. The summed E-state index contributed by atoms with van der Waals surface area (Å²) in [4.78, 5) is 17.8. The number of rotatable bonds is 5. The second kappa shape index (κ2) is 6.71. The molecule has 4 aromatic rings. The van der Waals surface area contributed by atoms with Crippen molar-refractivity contribution in [2.24, 2.45) is 5.10 Å². The lowest BCUT2D eigenvalue weighted by Gasteiger charge is -1.99. The van der Waals surface area contributed by atoms with Gasteiger partial charge in [-0.25, -0.2) is 14.8 Å². The first-order valence-corrected chi connectivity index (χ1v) is 7.88. The van der Waals surface area contributed by atoms with E-state index in [1.165, 1.54) is 12.3 Å². The summed E-state index contributed by atoms with van der Waals surface area (Å²) in [6.45, 7) is 0. The van der Waals surface area contributed by atoms with Gasteiger partial charge in [0.25, 0.3) is 5.69 Å². The highest BCUT2D eigenvalue weighted by Crippen LogP contribution is 2.31. The summed E-state index contributed by atoms with van der Waals surface area (Å²) in [5, 5.41) is 15.1. The third kappa shape index (κ3) is 3.38. The third-order valence-electron chi connectivity index (χ3n) is 3.80. The average Bonchev–Trinajstić information content (AvgIpc) is 3.28. The van der Waals surface area contributed by atoms with Crippen molar-refractivity contribution in [3.8, 4) is 11.3 Å². The van der Waals surface area contributed by atoms with Crippen molar-refractivity contribution in [2.75, 3.05) is 5.43 Å². The molecule has 8 nitrogen and oxygen atoms in total. The number of aromatic nitrogens is 2. The Kier molecular flexibility index (Phi) is 4.09. The molecule has 0 saturated carbocycles. The smallest absolute Gasteiger partial charge is 0.283 e. The van der Waals surface area contributed by atoms with Crippen LogP contribution in [0, 0.1) is 15.9 Å². The monoisotopic (exact) mass is 365 g/mol. The molecular weight excluding hydrogens is 353 g/mol. The molecule has 0 bridgehead atoms. The van der Waals surface area contributed by atoms with Gasteiger partial charge in [0.2, 0.25) is 5.95 Å². The van der Waals surface area contributed by atoms with E-state index < -0.39 is 10.7 Å². The fraction of sp³-hybridized carbons (Fsp3) is 0. The summed E-state index contributed by atoms with van der Waals surface area (Å²) in [7, 11) is 0. The minimum atomic E-state index is -0.686.